The fraction of sp³-hybridized carbons (Fsp3) is 0.364. The Bertz CT molecular complexity index is 332. The monoisotopic (exact) mass is 247 g/mol. The molecule has 0 saturated heterocycles. The first-order chi connectivity index (χ1) is 7.63. The number of carbonyl (C=O) groups is 1. The van der Waals surface area contributed by atoms with E-state index in [0.29, 0.717) is 0 Å². The average molecular weight is 248 g/mol. The Morgan fingerprint density at radius 3 is 2.44 bits per heavy atom. The predicted octanol–water partition coefficient (Wildman–Crippen LogP) is 2.52. The molecule has 0 saturated carbocycles. The van der Waals surface area contributed by atoms with Gasteiger partial charge in [-0.15, -0.1) is 11.6 Å². The molecule has 88 valence electrons. The number of benzene rings is 1. The first-order valence-electron chi connectivity index (χ1n) is 4.79. The highest BCUT2D eigenvalue weighted by molar-refractivity contribution is 6.27. The number of amides is 1. The summed E-state index contributed by atoms with van der Waals surface area (Å²) in [5.74, 6) is -0.759. The third kappa shape index (κ3) is 4.14. The lowest BCUT2D eigenvalue weighted by Gasteiger charge is -2.21. The first-order valence-corrected chi connectivity index (χ1v) is 5.32. The van der Waals surface area contributed by atoms with Gasteiger partial charge in [-0.25, -0.2) is 8.78 Å². The lowest BCUT2D eigenvalue weighted by atomic mass is 10.2. The Labute approximate surface area is 97.8 Å². The van der Waals surface area contributed by atoms with Crippen LogP contribution in [0.25, 0.3) is 0 Å². The summed E-state index contributed by atoms with van der Waals surface area (Å²) in [6.07, 6.45) is -2.55. The molecule has 0 bridgehead atoms. The van der Waals surface area contributed by atoms with Gasteiger partial charge in [0.2, 0.25) is 5.91 Å². The maximum absolute atomic E-state index is 12.2. The summed E-state index contributed by atoms with van der Waals surface area (Å²) < 4.78 is 24.5. The van der Waals surface area contributed by atoms with Crippen LogP contribution in [0.15, 0.2) is 30.3 Å². The summed E-state index contributed by atoms with van der Waals surface area (Å²) in [4.78, 5) is 12.4. The van der Waals surface area contributed by atoms with E-state index in [-0.39, 0.29) is 12.4 Å². The van der Waals surface area contributed by atoms with Crippen molar-refractivity contribution in [3.63, 3.8) is 0 Å². The van der Waals surface area contributed by atoms with Crippen LogP contribution < -0.4 is 0 Å². The fourth-order valence-electron chi connectivity index (χ4n) is 1.31. The Hall–Kier alpha value is -1.16. The number of hydrogen-bond donors (Lipinski definition) is 0. The molecular formula is C11H12ClF2NO. The fourth-order valence-corrected chi connectivity index (χ4v) is 1.48. The second kappa shape index (κ2) is 6.43. The van der Waals surface area contributed by atoms with E-state index in [4.69, 9.17) is 11.6 Å². The summed E-state index contributed by atoms with van der Waals surface area (Å²) >= 11 is 5.36. The third-order valence-electron chi connectivity index (χ3n) is 2.04. The van der Waals surface area contributed by atoms with E-state index in [1.807, 2.05) is 6.07 Å². The number of carbonyl (C=O) groups excluding carboxylic acids is 1. The topological polar surface area (TPSA) is 20.3 Å². The molecule has 16 heavy (non-hydrogen) atoms. The van der Waals surface area contributed by atoms with E-state index < -0.39 is 18.9 Å². The Balaban J connectivity index is 2.67. The molecule has 0 fully saturated rings. The van der Waals surface area contributed by atoms with Gasteiger partial charge in [0, 0.05) is 6.54 Å². The normalized spacial score (nSPS) is 10.5. The van der Waals surface area contributed by atoms with Crippen LogP contribution in [0, 0.1) is 0 Å². The highest BCUT2D eigenvalue weighted by atomic mass is 35.5. The van der Waals surface area contributed by atoms with Crippen molar-refractivity contribution in [2.75, 3.05) is 12.4 Å². The first kappa shape index (κ1) is 12.9. The van der Waals surface area contributed by atoms with Crippen LogP contribution >= 0.6 is 11.6 Å². The van der Waals surface area contributed by atoms with Crippen LogP contribution in [0.4, 0.5) is 8.78 Å². The predicted molar refractivity (Wildman–Crippen MR) is 58.6 cm³/mol. The SMILES string of the molecule is O=C(CCl)N(Cc1ccccc1)CC(F)F. The molecule has 1 aromatic rings. The largest absolute Gasteiger partial charge is 0.332 e. The lowest BCUT2D eigenvalue weighted by molar-refractivity contribution is -0.131. The second-order valence-corrected chi connectivity index (χ2v) is 3.55. The van der Waals surface area contributed by atoms with Crippen molar-refractivity contribution in [2.24, 2.45) is 0 Å². The smallest absolute Gasteiger partial charge is 0.255 e. The molecule has 2 nitrogen and oxygen atoms in total. The summed E-state index contributed by atoms with van der Waals surface area (Å²) in [6.45, 7) is -0.419. The molecule has 0 aliphatic carbocycles. The van der Waals surface area contributed by atoms with Crippen LogP contribution in [0.2, 0.25) is 0 Å². The van der Waals surface area contributed by atoms with Gasteiger partial charge in [0.05, 0.1) is 6.54 Å². The van der Waals surface area contributed by atoms with Crippen molar-refractivity contribution in [2.45, 2.75) is 13.0 Å². The zero-order chi connectivity index (χ0) is 12.0. The number of hydrogen-bond acceptors (Lipinski definition) is 1. The van der Waals surface area contributed by atoms with Crippen LogP contribution in [-0.2, 0) is 11.3 Å². The number of nitrogens with zero attached hydrogens (tertiary/aromatic N) is 1. The standard InChI is InChI=1S/C11H12ClF2NO/c12-6-11(16)15(8-10(13)14)7-9-4-2-1-3-5-9/h1-5,10H,6-8H2. The van der Waals surface area contributed by atoms with E-state index >= 15 is 0 Å². The second-order valence-electron chi connectivity index (χ2n) is 3.28. The highest BCUT2D eigenvalue weighted by Gasteiger charge is 2.17. The molecule has 0 heterocycles. The molecular weight excluding hydrogens is 236 g/mol. The van der Waals surface area contributed by atoms with E-state index in [1.165, 1.54) is 0 Å². The quantitative estimate of drug-likeness (QED) is 0.733. The van der Waals surface area contributed by atoms with Gasteiger partial charge in [-0.3, -0.25) is 4.79 Å². The summed E-state index contributed by atoms with van der Waals surface area (Å²) in [5, 5.41) is 0. The average Bonchev–Trinajstić information content (AvgIpc) is 2.28. The molecule has 1 amide bonds. The van der Waals surface area contributed by atoms with Gasteiger partial charge >= 0.3 is 0 Å². The molecule has 0 atom stereocenters. The molecule has 0 aliphatic rings. The van der Waals surface area contributed by atoms with Gasteiger partial charge in [-0.05, 0) is 5.56 Å². The molecule has 0 N–H and O–H groups in total. The van der Waals surface area contributed by atoms with E-state index in [1.54, 1.807) is 24.3 Å². The van der Waals surface area contributed by atoms with Crippen molar-refractivity contribution in [3.05, 3.63) is 35.9 Å². The van der Waals surface area contributed by atoms with Crippen molar-refractivity contribution in [1.82, 2.24) is 4.90 Å². The maximum atomic E-state index is 12.2. The highest BCUT2D eigenvalue weighted by Crippen LogP contribution is 2.08. The number of halogens is 3. The summed E-state index contributed by atoms with van der Waals surface area (Å²) in [7, 11) is 0. The Kier molecular flexibility index (Phi) is 5.19. The van der Waals surface area contributed by atoms with Gasteiger partial charge in [-0.1, -0.05) is 30.3 Å². The minimum atomic E-state index is -2.55. The molecule has 0 unspecified atom stereocenters. The zero-order valence-electron chi connectivity index (χ0n) is 8.57. The van der Waals surface area contributed by atoms with Crippen LogP contribution in [0.3, 0.4) is 0 Å². The third-order valence-corrected chi connectivity index (χ3v) is 2.27. The van der Waals surface area contributed by atoms with Gasteiger partial charge in [0.15, 0.2) is 0 Å². The van der Waals surface area contributed by atoms with Gasteiger partial charge in [-0.2, -0.15) is 0 Å². The van der Waals surface area contributed by atoms with E-state index in [9.17, 15) is 13.6 Å². The van der Waals surface area contributed by atoms with Crippen molar-refractivity contribution in [3.8, 4) is 0 Å². The van der Waals surface area contributed by atoms with E-state index in [0.717, 1.165) is 10.5 Å². The molecule has 0 radical (unpaired) electrons. The minimum Gasteiger partial charge on any atom is -0.332 e. The summed E-state index contributed by atoms with van der Waals surface area (Å²) in [5.41, 5.74) is 0.807. The number of alkyl halides is 3. The van der Waals surface area contributed by atoms with Gasteiger partial charge in [0.1, 0.15) is 5.88 Å². The molecule has 0 aliphatic heterocycles. The van der Waals surface area contributed by atoms with Crippen molar-refractivity contribution < 1.29 is 13.6 Å². The molecule has 0 spiro atoms. The van der Waals surface area contributed by atoms with Gasteiger partial charge in [0.25, 0.3) is 6.43 Å². The Morgan fingerprint density at radius 2 is 1.94 bits per heavy atom. The van der Waals surface area contributed by atoms with Crippen LogP contribution in [-0.4, -0.2) is 29.7 Å². The van der Waals surface area contributed by atoms with Crippen LogP contribution in [0.5, 0.6) is 0 Å². The lowest BCUT2D eigenvalue weighted by Crippen LogP contribution is -2.35. The van der Waals surface area contributed by atoms with Crippen LogP contribution in [0.1, 0.15) is 5.56 Å². The zero-order valence-corrected chi connectivity index (χ0v) is 9.33. The van der Waals surface area contributed by atoms with Crippen molar-refractivity contribution >= 4 is 17.5 Å². The summed E-state index contributed by atoms with van der Waals surface area (Å²) in [6, 6.07) is 8.96. The minimum absolute atomic E-state index is 0.163. The van der Waals surface area contributed by atoms with Gasteiger partial charge < -0.3 is 4.90 Å². The maximum Gasteiger partial charge on any atom is 0.255 e. The number of rotatable bonds is 5. The molecule has 5 heteroatoms. The molecule has 1 aromatic carbocycles. The molecule has 0 aromatic heterocycles. The van der Waals surface area contributed by atoms with Crippen molar-refractivity contribution in [1.29, 1.82) is 0 Å². The molecule has 1 rings (SSSR count). The van der Waals surface area contributed by atoms with E-state index in [2.05, 4.69) is 0 Å². The Morgan fingerprint density at radius 1 is 1.31 bits per heavy atom.